The van der Waals surface area contributed by atoms with Crippen LogP contribution in [0.15, 0.2) is 95.1 Å². The van der Waals surface area contributed by atoms with Gasteiger partial charge in [-0.25, -0.2) is 0 Å². The van der Waals surface area contributed by atoms with E-state index in [9.17, 15) is 0 Å². The number of fused-ring (bicyclic) bond motifs is 1. The van der Waals surface area contributed by atoms with Gasteiger partial charge in [0.2, 0.25) is 0 Å². The van der Waals surface area contributed by atoms with Crippen LogP contribution in [0.2, 0.25) is 0 Å². The van der Waals surface area contributed by atoms with Crippen LogP contribution in [0.25, 0.3) is 10.9 Å². The molecule has 3 rings (SSSR count). The molecule has 1 aliphatic rings. The molecule has 0 amide bonds. The van der Waals surface area contributed by atoms with Gasteiger partial charge in [-0.2, -0.15) is 0 Å². The number of aliphatic imine (C=N–C) groups is 1. The van der Waals surface area contributed by atoms with Crippen LogP contribution in [0.1, 0.15) is 43.5 Å². The van der Waals surface area contributed by atoms with Crippen molar-refractivity contribution in [1.82, 2.24) is 4.98 Å². The molecule has 1 aromatic heterocycles. The summed E-state index contributed by atoms with van der Waals surface area (Å²) >= 11 is 0. The average Bonchev–Trinajstić information content (AvgIpc) is 3.05. The van der Waals surface area contributed by atoms with Crippen LogP contribution < -0.4 is 0 Å². The molecular weight excluding hydrogens is 376 g/mol. The first kappa shape index (κ1) is 22.4. The summed E-state index contributed by atoms with van der Waals surface area (Å²) in [5, 5.41) is 1.16. The van der Waals surface area contributed by atoms with E-state index < -0.39 is 0 Å². The number of rotatable bonds is 8. The van der Waals surface area contributed by atoms with Gasteiger partial charge in [-0.3, -0.25) is 9.98 Å². The van der Waals surface area contributed by atoms with Crippen LogP contribution in [0.4, 0.5) is 5.69 Å². The third kappa shape index (κ3) is 5.67. The zero-order valence-corrected chi connectivity index (χ0v) is 18.9. The summed E-state index contributed by atoms with van der Waals surface area (Å²) in [5.41, 5.74) is 8.02. The maximum atomic E-state index is 4.86. The van der Waals surface area contributed by atoms with E-state index in [-0.39, 0.29) is 0 Å². The van der Waals surface area contributed by atoms with Crippen molar-refractivity contribution in [2.75, 3.05) is 0 Å². The predicted molar refractivity (Wildman–Crippen MR) is 136 cm³/mol. The fraction of sp³-hybridized carbons (Fsp3) is 0.241. The highest BCUT2D eigenvalue weighted by Crippen LogP contribution is 2.34. The fourth-order valence-corrected chi connectivity index (χ4v) is 3.99. The van der Waals surface area contributed by atoms with Crippen LogP contribution in [-0.4, -0.2) is 11.7 Å². The van der Waals surface area contributed by atoms with Gasteiger partial charge < -0.3 is 0 Å². The van der Waals surface area contributed by atoms with Crippen molar-refractivity contribution in [3.63, 3.8) is 0 Å². The van der Waals surface area contributed by atoms with E-state index in [0.29, 0.717) is 0 Å². The normalized spacial score (nSPS) is 14.5. The summed E-state index contributed by atoms with van der Waals surface area (Å²) in [6, 6.07) is 6.58. The molecule has 0 radical (unpaired) electrons. The smallest absolute Gasteiger partial charge is 0.0967 e. The molecule has 0 atom stereocenters. The first-order valence-corrected chi connectivity index (χ1v) is 11.1. The summed E-state index contributed by atoms with van der Waals surface area (Å²) < 4.78 is 0. The maximum Gasteiger partial charge on any atom is 0.0967 e. The molecule has 0 spiro atoms. The van der Waals surface area contributed by atoms with Crippen molar-refractivity contribution in [3.05, 3.63) is 107 Å². The van der Waals surface area contributed by atoms with Crippen LogP contribution in [0, 0.1) is 6.92 Å². The van der Waals surface area contributed by atoms with Crippen LogP contribution in [0.5, 0.6) is 0 Å². The number of benzene rings is 1. The summed E-state index contributed by atoms with van der Waals surface area (Å²) in [5.74, 6) is 0. The van der Waals surface area contributed by atoms with E-state index in [0.717, 1.165) is 48.0 Å². The van der Waals surface area contributed by atoms with Gasteiger partial charge in [-0.15, -0.1) is 0 Å². The van der Waals surface area contributed by atoms with Crippen LogP contribution in [-0.2, 0) is 12.8 Å². The SMILES string of the molecule is C=Nc1c(C/C(=C\CC)C2=CC=CC=CC2)ccc2c(C/C=C\C=C/C)cc(C)nc12. The number of hydrogen-bond donors (Lipinski definition) is 0. The lowest BCUT2D eigenvalue weighted by Gasteiger charge is -2.15. The number of nitrogens with zero attached hydrogens (tertiary/aromatic N) is 2. The van der Waals surface area contributed by atoms with E-state index in [1.165, 1.54) is 22.3 Å². The topological polar surface area (TPSA) is 25.2 Å². The molecule has 0 unspecified atom stereocenters. The summed E-state index contributed by atoms with van der Waals surface area (Å²) in [4.78, 5) is 9.32. The Morgan fingerprint density at radius 2 is 2.03 bits per heavy atom. The lowest BCUT2D eigenvalue weighted by molar-refractivity contribution is 1.06. The first-order valence-electron chi connectivity index (χ1n) is 11.1. The van der Waals surface area contributed by atoms with E-state index in [2.05, 4.69) is 98.4 Å². The summed E-state index contributed by atoms with van der Waals surface area (Å²) in [6.45, 7) is 10.2. The first-order chi connectivity index (χ1) is 15.2. The lowest BCUT2D eigenvalue weighted by Crippen LogP contribution is -1.98. The average molecular weight is 409 g/mol. The molecule has 0 saturated heterocycles. The number of aryl methyl sites for hydroxylation is 1. The minimum Gasteiger partial charge on any atom is -0.262 e. The zero-order valence-electron chi connectivity index (χ0n) is 18.9. The Kier molecular flexibility index (Phi) is 8.12. The summed E-state index contributed by atoms with van der Waals surface area (Å²) in [7, 11) is 0. The van der Waals surface area contributed by atoms with E-state index in [4.69, 9.17) is 4.98 Å². The minimum atomic E-state index is 0.831. The quantitative estimate of drug-likeness (QED) is 0.322. The largest absolute Gasteiger partial charge is 0.262 e. The zero-order chi connectivity index (χ0) is 22.1. The predicted octanol–water partition coefficient (Wildman–Crippen LogP) is 7.87. The highest BCUT2D eigenvalue weighted by atomic mass is 14.8. The monoisotopic (exact) mass is 408 g/mol. The molecule has 1 aromatic carbocycles. The maximum absolute atomic E-state index is 4.86. The number of aromatic nitrogens is 1. The molecule has 1 heterocycles. The van der Waals surface area contributed by atoms with Gasteiger partial charge in [0, 0.05) is 11.1 Å². The van der Waals surface area contributed by atoms with Gasteiger partial charge >= 0.3 is 0 Å². The van der Waals surface area contributed by atoms with E-state index in [1.807, 2.05) is 13.0 Å². The fourth-order valence-electron chi connectivity index (χ4n) is 3.99. The second-order valence-electron chi connectivity index (χ2n) is 7.73. The summed E-state index contributed by atoms with van der Waals surface area (Å²) in [6.07, 6.45) is 25.1. The molecule has 1 aliphatic carbocycles. The highest BCUT2D eigenvalue weighted by Gasteiger charge is 2.14. The van der Waals surface area contributed by atoms with Gasteiger partial charge in [0.05, 0.1) is 11.2 Å². The molecule has 0 saturated carbocycles. The Bertz CT molecular complexity index is 1120. The molecule has 0 aliphatic heterocycles. The Morgan fingerprint density at radius 3 is 2.81 bits per heavy atom. The van der Waals surface area contributed by atoms with Crippen molar-refractivity contribution in [3.8, 4) is 0 Å². The Labute approximate surface area is 186 Å². The van der Waals surface area contributed by atoms with Crippen molar-refractivity contribution in [2.24, 2.45) is 4.99 Å². The Balaban J connectivity index is 2.04. The van der Waals surface area contributed by atoms with Crippen molar-refractivity contribution in [1.29, 1.82) is 0 Å². The molecule has 0 bridgehead atoms. The molecular formula is C29H32N2. The molecule has 2 aromatic rings. The minimum absolute atomic E-state index is 0.831. The van der Waals surface area contributed by atoms with E-state index >= 15 is 0 Å². The standard InChI is InChI=1S/C29H32N2/c1-5-7-8-11-17-25-20-22(3)31-29-27(25)19-18-26(28(29)30-4)21-24(14-6-2)23-15-12-9-10-13-16-23/h5,7-15,18-20H,4,6,16-17,21H2,1-3H3/b7-5-,11-8-,24-14+. The Hall–Kier alpha value is -3.26. The van der Waals surface area contributed by atoms with Gasteiger partial charge in [0.15, 0.2) is 0 Å². The third-order valence-corrected chi connectivity index (χ3v) is 5.42. The van der Waals surface area contributed by atoms with Gasteiger partial charge in [0.25, 0.3) is 0 Å². The van der Waals surface area contributed by atoms with Gasteiger partial charge in [0.1, 0.15) is 0 Å². The van der Waals surface area contributed by atoms with Crippen molar-refractivity contribution in [2.45, 2.75) is 46.5 Å². The number of allylic oxidation sites excluding steroid dienone is 12. The second kappa shape index (κ2) is 11.2. The number of hydrogen-bond acceptors (Lipinski definition) is 2. The number of pyridine rings is 1. The molecule has 158 valence electrons. The molecule has 2 heteroatoms. The van der Waals surface area contributed by atoms with E-state index in [1.54, 1.807) is 0 Å². The van der Waals surface area contributed by atoms with Crippen molar-refractivity contribution < 1.29 is 0 Å². The third-order valence-electron chi connectivity index (χ3n) is 5.42. The van der Waals surface area contributed by atoms with Gasteiger partial charge in [-0.05, 0) is 74.6 Å². The van der Waals surface area contributed by atoms with Crippen molar-refractivity contribution >= 4 is 23.3 Å². The lowest BCUT2D eigenvalue weighted by atomic mass is 9.92. The Morgan fingerprint density at radius 1 is 1.16 bits per heavy atom. The van der Waals surface area contributed by atoms with Crippen LogP contribution >= 0.6 is 0 Å². The molecule has 0 fully saturated rings. The molecule has 0 N–H and O–H groups in total. The molecule has 31 heavy (non-hydrogen) atoms. The van der Waals surface area contributed by atoms with Crippen LogP contribution in [0.3, 0.4) is 0 Å². The second-order valence-corrected chi connectivity index (χ2v) is 7.73. The highest BCUT2D eigenvalue weighted by molar-refractivity contribution is 5.94. The van der Waals surface area contributed by atoms with Gasteiger partial charge in [-0.1, -0.05) is 79.8 Å². The molecule has 2 nitrogen and oxygen atoms in total.